The van der Waals surface area contributed by atoms with Crippen LogP contribution >= 0.6 is 0 Å². The Balaban J connectivity index is 1.72. The van der Waals surface area contributed by atoms with Gasteiger partial charge in [0.25, 0.3) is 0 Å². The van der Waals surface area contributed by atoms with Crippen LogP contribution in [0.3, 0.4) is 0 Å². The van der Waals surface area contributed by atoms with E-state index in [0.717, 1.165) is 39.3 Å². The lowest BCUT2D eigenvalue weighted by Gasteiger charge is -2.35. The van der Waals surface area contributed by atoms with Crippen LogP contribution in [0.5, 0.6) is 0 Å². The van der Waals surface area contributed by atoms with Crippen molar-refractivity contribution in [3.8, 4) is 0 Å². The van der Waals surface area contributed by atoms with Crippen molar-refractivity contribution in [1.82, 2.24) is 19.6 Å². The summed E-state index contributed by atoms with van der Waals surface area (Å²) < 4.78 is 1.95. The molecule has 1 saturated heterocycles. The number of hydrogen-bond acceptors (Lipinski definition) is 3. The maximum Gasteiger partial charge on any atom is 0.225 e. The van der Waals surface area contributed by atoms with Crippen molar-refractivity contribution in [3.05, 3.63) is 18.5 Å². The van der Waals surface area contributed by atoms with Gasteiger partial charge in [0.2, 0.25) is 5.91 Å². The normalized spacial score (nSPS) is 17.4. The van der Waals surface area contributed by atoms with Gasteiger partial charge in [-0.1, -0.05) is 13.8 Å². The number of nitrogens with zero attached hydrogens (tertiary/aromatic N) is 4. The Morgan fingerprint density at radius 2 is 1.94 bits per heavy atom. The predicted octanol–water partition coefficient (Wildman–Crippen LogP) is 0.683. The number of rotatable bonds is 4. The van der Waals surface area contributed by atoms with E-state index >= 15 is 0 Å². The maximum absolute atomic E-state index is 11.8. The van der Waals surface area contributed by atoms with Gasteiger partial charge in [0.1, 0.15) is 0 Å². The molecule has 0 atom stereocenters. The molecule has 2 heterocycles. The van der Waals surface area contributed by atoms with Crippen LogP contribution in [-0.4, -0.2) is 58.2 Å². The summed E-state index contributed by atoms with van der Waals surface area (Å²) in [5.41, 5.74) is 0. The van der Waals surface area contributed by atoms with Gasteiger partial charge in [-0.2, -0.15) is 5.10 Å². The third-order valence-electron chi connectivity index (χ3n) is 3.38. The molecule has 0 saturated carbocycles. The second-order valence-corrected chi connectivity index (χ2v) is 5.09. The van der Waals surface area contributed by atoms with Gasteiger partial charge in [-0.15, -0.1) is 0 Å². The Bertz CT molecular complexity index is 366. The molecule has 0 aromatic carbocycles. The molecule has 0 radical (unpaired) electrons. The van der Waals surface area contributed by atoms with Crippen molar-refractivity contribution >= 4 is 5.91 Å². The summed E-state index contributed by atoms with van der Waals surface area (Å²) in [6, 6.07) is 1.94. The summed E-state index contributed by atoms with van der Waals surface area (Å²) in [5, 5.41) is 4.19. The van der Waals surface area contributed by atoms with Gasteiger partial charge >= 0.3 is 0 Å². The van der Waals surface area contributed by atoms with Crippen molar-refractivity contribution < 1.29 is 4.79 Å². The van der Waals surface area contributed by atoms with E-state index in [4.69, 9.17) is 0 Å². The summed E-state index contributed by atoms with van der Waals surface area (Å²) >= 11 is 0. The third kappa shape index (κ3) is 3.32. The first-order valence-corrected chi connectivity index (χ1v) is 6.65. The first-order valence-electron chi connectivity index (χ1n) is 6.65. The molecule has 1 aromatic heterocycles. The average molecular weight is 250 g/mol. The average Bonchev–Trinajstić information content (AvgIpc) is 2.89. The highest BCUT2D eigenvalue weighted by Gasteiger charge is 2.22. The minimum absolute atomic E-state index is 0.112. The first kappa shape index (κ1) is 13.1. The van der Waals surface area contributed by atoms with E-state index < -0.39 is 0 Å². The topological polar surface area (TPSA) is 41.4 Å². The number of carbonyl (C=O) groups excluding carboxylic acids is 1. The minimum atomic E-state index is 0.112. The van der Waals surface area contributed by atoms with E-state index in [1.807, 2.05) is 35.7 Å². The summed E-state index contributed by atoms with van der Waals surface area (Å²) in [6.07, 6.45) is 3.79. The monoisotopic (exact) mass is 250 g/mol. The van der Waals surface area contributed by atoms with E-state index in [2.05, 4.69) is 10.00 Å². The number of hydrogen-bond donors (Lipinski definition) is 0. The lowest BCUT2D eigenvalue weighted by Crippen LogP contribution is -2.50. The van der Waals surface area contributed by atoms with E-state index in [-0.39, 0.29) is 11.8 Å². The molecule has 1 aromatic rings. The zero-order chi connectivity index (χ0) is 13.0. The van der Waals surface area contributed by atoms with Crippen LogP contribution < -0.4 is 0 Å². The Morgan fingerprint density at radius 1 is 1.22 bits per heavy atom. The van der Waals surface area contributed by atoms with E-state index in [1.165, 1.54) is 0 Å². The van der Waals surface area contributed by atoms with Crippen LogP contribution in [0.25, 0.3) is 0 Å². The molecule has 100 valence electrons. The molecule has 1 aliphatic heterocycles. The van der Waals surface area contributed by atoms with E-state index in [1.54, 1.807) is 6.20 Å². The molecule has 18 heavy (non-hydrogen) atoms. The lowest BCUT2D eigenvalue weighted by molar-refractivity contribution is -0.136. The Hall–Kier alpha value is -1.36. The highest BCUT2D eigenvalue weighted by molar-refractivity contribution is 5.78. The Kier molecular flexibility index (Phi) is 4.36. The molecule has 2 rings (SSSR count). The number of piperazine rings is 1. The maximum atomic E-state index is 11.8. The zero-order valence-corrected chi connectivity index (χ0v) is 11.2. The minimum Gasteiger partial charge on any atom is -0.340 e. The Labute approximate surface area is 108 Å². The lowest BCUT2D eigenvalue weighted by atomic mass is 10.1. The van der Waals surface area contributed by atoms with Gasteiger partial charge in [-0.3, -0.25) is 14.4 Å². The van der Waals surface area contributed by atoms with Crippen molar-refractivity contribution in [2.75, 3.05) is 32.7 Å². The predicted molar refractivity (Wildman–Crippen MR) is 70.1 cm³/mol. The molecule has 0 aliphatic carbocycles. The van der Waals surface area contributed by atoms with Gasteiger partial charge in [-0.05, 0) is 6.07 Å². The molecule has 1 fully saturated rings. The van der Waals surface area contributed by atoms with Gasteiger partial charge in [0, 0.05) is 51.0 Å². The SMILES string of the molecule is CC(C)C(=O)N1CCN(CCn2cccn2)CC1. The fraction of sp³-hybridized carbons (Fsp3) is 0.692. The quantitative estimate of drug-likeness (QED) is 0.789. The largest absolute Gasteiger partial charge is 0.340 e. The molecule has 1 amide bonds. The molecular formula is C13H22N4O. The molecule has 0 unspecified atom stereocenters. The summed E-state index contributed by atoms with van der Waals surface area (Å²) in [7, 11) is 0. The second-order valence-electron chi connectivity index (χ2n) is 5.09. The summed E-state index contributed by atoms with van der Waals surface area (Å²) in [6.45, 7) is 9.51. The fourth-order valence-corrected chi connectivity index (χ4v) is 2.23. The number of aromatic nitrogens is 2. The van der Waals surface area contributed by atoms with Gasteiger partial charge in [0.15, 0.2) is 0 Å². The highest BCUT2D eigenvalue weighted by Crippen LogP contribution is 2.07. The van der Waals surface area contributed by atoms with Crippen LogP contribution in [0.15, 0.2) is 18.5 Å². The second kappa shape index (κ2) is 6.00. The smallest absolute Gasteiger partial charge is 0.225 e. The zero-order valence-electron chi connectivity index (χ0n) is 11.2. The van der Waals surface area contributed by atoms with Crippen LogP contribution in [0, 0.1) is 5.92 Å². The highest BCUT2D eigenvalue weighted by atomic mass is 16.2. The summed E-state index contributed by atoms with van der Waals surface area (Å²) in [5.74, 6) is 0.391. The van der Waals surface area contributed by atoms with Crippen molar-refractivity contribution in [3.63, 3.8) is 0 Å². The van der Waals surface area contributed by atoms with Gasteiger partial charge in [-0.25, -0.2) is 0 Å². The van der Waals surface area contributed by atoms with Crippen molar-refractivity contribution in [2.45, 2.75) is 20.4 Å². The van der Waals surface area contributed by atoms with Crippen LogP contribution in [0.2, 0.25) is 0 Å². The fourth-order valence-electron chi connectivity index (χ4n) is 2.23. The molecule has 5 heteroatoms. The van der Waals surface area contributed by atoms with Crippen LogP contribution in [0.4, 0.5) is 0 Å². The molecule has 5 nitrogen and oxygen atoms in total. The van der Waals surface area contributed by atoms with Crippen molar-refractivity contribution in [1.29, 1.82) is 0 Å². The Morgan fingerprint density at radius 3 is 2.50 bits per heavy atom. The molecular weight excluding hydrogens is 228 g/mol. The van der Waals surface area contributed by atoms with Crippen LogP contribution in [0.1, 0.15) is 13.8 Å². The van der Waals surface area contributed by atoms with Gasteiger partial charge in [0.05, 0.1) is 6.54 Å². The molecule has 0 spiro atoms. The van der Waals surface area contributed by atoms with Crippen LogP contribution in [-0.2, 0) is 11.3 Å². The first-order chi connectivity index (χ1) is 8.66. The number of amides is 1. The van der Waals surface area contributed by atoms with Crippen molar-refractivity contribution in [2.24, 2.45) is 5.92 Å². The summed E-state index contributed by atoms with van der Waals surface area (Å²) in [4.78, 5) is 16.2. The molecule has 1 aliphatic rings. The standard InChI is InChI=1S/C13H22N4O/c1-12(2)13(18)16-9-6-15(7-10-16)8-11-17-5-3-4-14-17/h3-5,12H,6-11H2,1-2H3. The molecule has 0 N–H and O–H groups in total. The molecule has 0 bridgehead atoms. The van der Waals surface area contributed by atoms with Gasteiger partial charge < -0.3 is 4.90 Å². The number of carbonyl (C=O) groups is 1. The van der Waals surface area contributed by atoms with E-state index in [0.29, 0.717) is 0 Å². The third-order valence-corrected chi connectivity index (χ3v) is 3.38. The van der Waals surface area contributed by atoms with E-state index in [9.17, 15) is 4.79 Å².